The molecule has 3 nitrogen and oxygen atoms in total. The Morgan fingerprint density at radius 3 is 2.25 bits per heavy atom. The van der Waals surface area contributed by atoms with Gasteiger partial charge in [0.25, 0.3) is 0 Å². The highest BCUT2D eigenvalue weighted by Crippen LogP contribution is 2.31. The van der Waals surface area contributed by atoms with Gasteiger partial charge in [-0.25, -0.2) is 0 Å². The van der Waals surface area contributed by atoms with Crippen molar-refractivity contribution < 1.29 is 4.74 Å². The van der Waals surface area contributed by atoms with Crippen molar-refractivity contribution in [2.75, 3.05) is 0 Å². The number of fused-ring (bicyclic) bond motifs is 1. The Balaban J connectivity index is 2.09. The molecular weight excluding hydrogens is 295 g/mol. The number of aromatic nitrogens is 2. The Labute approximate surface area is 126 Å². The first-order valence-corrected chi connectivity index (χ1v) is 6.75. The zero-order chi connectivity index (χ0) is 14.1. The molecule has 0 aliphatic rings. The summed E-state index contributed by atoms with van der Waals surface area (Å²) in [6.45, 7) is 1.91. The van der Waals surface area contributed by atoms with Crippen LogP contribution in [0.2, 0.25) is 10.0 Å². The lowest BCUT2D eigenvalue weighted by atomic mass is 10.1. The molecule has 0 radical (unpaired) electrons. The molecule has 20 heavy (non-hydrogen) atoms. The van der Waals surface area contributed by atoms with Gasteiger partial charge in [0, 0.05) is 20.8 Å². The van der Waals surface area contributed by atoms with Crippen molar-refractivity contribution in [2.45, 2.75) is 6.92 Å². The monoisotopic (exact) mass is 304 g/mol. The highest BCUT2D eigenvalue weighted by molar-refractivity contribution is 6.34. The van der Waals surface area contributed by atoms with E-state index in [9.17, 15) is 0 Å². The van der Waals surface area contributed by atoms with Crippen LogP contribution in [0.3, 0.4) is 0 Å². The molecule has 0 aliphatic heterocycles. The summed E-state index contributed by atoms with van der Waals surface area (Å²) >= 11 is 11.9. The number of ether oxygens (including phenoxy) is 1. The van der Waals surface area contributed by atoms with Crippen LogP contribution in [0.1, 0.15) is 5.69 Å². The van der Waals surface area contributed by atoms with Crippen LogP contribution in [0.15, 0.2) is 42.5 Å². The number of rotatable bonds is 2. The first-order valence-electron chi connectivity index (χ1n) is 5.99. The van der Waals surface area contributed by atoms with Crippen molar-refractivity contribution in [1.29, 1.82) is 0 Å². The average molecular weight is 305 g/mol. The van der Waals surface area contributed by atoms with Gasteiger partial charge < -0.3 is 4.74 Å². The fourth-order valence-electron chi connectivity index (χ4n) is 1.99. The molecule has 3 rings (SSSR count). The van der Waals surface area contributed by atoms with Gasteiger partial charge in [-0.2, -0.15) is 5.10 Å². The van der Waals surface area contributed by atoms with Gasteiger partial charge in [-0.1, -0.05) is 41.4 Å². The second-order valence-electron chi connectivity index (χ2n) is 4.34. The number of halogens is 2. The fraction of sp³-hybridized carbons (Fsp3) is 0.0667. The molecule has 1 heterocycles. The minimum atomic E-state index is 0.435. The lowest BCUT2D eigenvalue weighted by Gasteiger charge is -2.09. The number of aryl methyl sites for hydroxylation is 1. The van der Waals surface area contributed by atoms with Crippen LogP contribution in [-0.4, -0.2) is 10.2 Å². The van der Waals surface area contributed by atoms with Crippen molar-refractivity contribution in [3.05, 3.63) is 58.2 Å². The van der Waals surface area contributed by atoms with E-state index in [-0.39, 0.29) is 0 Å². The molecule has 100 valence electrons. The van der Waals surface area contributed by atoms with Gasteiger partial charge in [-0.15, -0.1) is 5.10 Å². The quantitative estimate of drug-likeness (QED) is 0.665. The zero-order valence-electron chi connectivity index (χ0n) is 10.6. The van der Waals surface area contributed by atoms with Crippen LogP contribution in [0, 0.1) is 6.92 Å². The third kappa shape index (κ3) is 2.55. The predicted octanol–water partition coefficient (Wildman–Crippen LogP) is 5.04. The van der Waals surface area contributed by atoms with Crippen LogP contribution in [0.4, 0.5) is 0 Å². The van der Waals surface area contributed by atoms with E-state index in [4.69, 9.17) is 27.9 Å². The summed E-state index contributed by atoms with van der Waals surface area (Å²) in [4.78, 5) is 0. The second-order valence-corrected chi connectivity index (χ2v) is 5.22. The number of nitrogens with zero attached hydrogens (tertiary/aromatic N) is 2. The Morgan fingerprint density at radius 2 is 1.55 bits per heavy atom. The zero-order valence-corrected chi connectivity index (χ0v) is 12.1. The summed E-state index contributed by atoms with van der Waals surface area (Å²) < 4.78 is 5.77. The van der Waals surface area contributed by atoms with E-state index in [1.54, 1.807) is 18.2 Å². The summed E-state index contributed by atoms with van der Waals surface area (Å²) in [6, 6.07) is 12.8. The second kappa shape index (κ2) is 5.27. The molecule has 0 saturated carbocycles. The van der Waals surface area contributed by atoms with Crippen LogP contribution >= 0.6 is 23.2 Å². The molecule has 3 aromatic rings. The van der Waals surface area contributed by atoms with Gasteiger partial charge in [0.15, 0.2) is 0 Å². The Morgan fingerprint density at radius 1 is 0.900 bits per heavy atom. The topological polar surface area (TPSA) is 35.0 Å². The van der Waals surface area contributed by atoms with E-state index in [0.29, 0.717) is 21.7 Å². The van der Waals surface area contributed by atoms with Crippen LogP contribution in [0.5, 0.6) is 11.6 Å². The van der Waals surface area contributed by atoms with Crippen molar-refractivity contribution in [2.24, 2.45) is 0 Å². The average Bonchev–Trinajstić information content (AvgIpc) is 2.41. The van der Waals surface area contributed by atoms with Crippen LogP contribution in [-0.2, 0) is 0 Å². The van der Waals surface area contributed by atoms with Crippen LogP contribution < -0.4 is 4.74 Å². The standard InChI is InChI=1S/C15H10Cl2N2O/c1-9-13-4-2-3-5-14(13)15(19-18-9)20-12-7-10(16)6-11(17)8-12/h2-8H,1H3. The van der Waals surface area contributed by atoms with E-state index < -0.39 is 0 Å². The smallest absolute Gasteiger partial charge is 0.246 e. The van der Waals surface area contributed by atoms with Crippen molar-refractivity contribution in [1.82, 2.24) is 10.2 Å². The molecule has 0 atom stereocenters. The molecule has 2 aromatic carbocycles. The molecule has 0 unspecified atom stereocenters. The van der Waals surface area contributed by atoms with E-state index >= 15 is 0 Å². The molecule has 0 saturated heterocycles. The van der Waals surface area contributed by atoms with Crippen molar-refractivity contribution in [3.63, 3.8) is 0 Å². The Bertz CT molecular complexity index is 770. The third-order valence-electron chi connectivity index (χ3n) is 2.89. The first-order chi connectivity index (χ1) is 9.63. The lowest BCUT2D eigenvalue weighted by Crippen LogP contribution is -1.95. The molecule has 0 fully saturated rings. The van der Waals surface area contributed by atoms with E-state index in [0.717, 1.165) is 16.5 Å². The van der Waals surface area contributed by atoms with Crippen molar-refractivity contribution >= 4 is 34.0 Å². The number of hydrogen-bond acceptors (Lipinski definition) is 3. The lowest BCUT2D eigenvalue weighted by molar-refractivity contribution is 0.461. The highest BCUT2D eigenvalue weighted by atomic mass is 35.5. The molecule has 0 spiro atoms. The maximum Gasteiger partial charge on any atom is 0.246 e. The molecular formula is C15H10Cl2N2O. The maximum atomic E-state index is 5.96. The maximum absolute atomic E-state index is 5.96. The van der Waals surface area contributed by atoms with Crippen LogP contribution in [0.25, 0.3) is 10.8 Å². The van der Waals surface area contributed by atoms with Gasteiger partial charge in [0.05, 0.1) is 5.69 Å². The van der Waals surface area contributed by atoms with Gasteiger partial charge in [-0.3, -0.25) is 0 Å². The molecule has 0 amide bonds. The third-order valence-corrected chi connectivity index (χ3v) is 3.33. The van der Waals surface area contributed by atoms with Gasteiger partial charge in [-0.05, 0) is 31.2 Å². The molecule has 5 heteroatoms. The van der Waals surface area contributed by atoms with Gasteiger partial charge in [0.1, 0.15) is 5.75 Å². The van der Waals surface area contributed by atoms with Crippen molar-refractivity contribution in [3.8, 4) is 11.6 Å². The Kier molecular flexibility index (Phi) is 3.47. The largest absolute Gasteiger partial charge is 0.437 e. The number of hydrogen-bond donors (Lipinski definition) is 0. The Hall–Kier alpha value is -1.84. The SMILES string of the molecule is Cc1nnc(Oc2cc(Cl)cc(Cl)c2)c2ccccc12. The molecule has 0 N–H and O–H groups in total. The molecule has 0 aliphatic carbocycles. The summed E-state index contributed by atoms with van der Waals surface area (Å²) in [5.74, 6) is 0.968. The number of benzene rings is 2. The highest BCUT2D eigenvalue weighted by Gasteiger charge is 2.09. The summed E-state index contributed by atoms with van der Waals surface area (Å²) in [5.41, 5.74) is 0.858. The summed E-state index contributed by atoms with van der Waals surface area (Å²) in [7, 11) is 0. The minimum Gasteiger partial charge on any atom is -0.437 e. The normalized spacial score (nSPS) is 10.8. The fourth-order valence-corrected chi connectivity index (χ4v) is 2.49. The minimum absolute atomic E-state index is 0.435. The predicted molar refractivity (Wildman–Crippen MR) is 80.8 cm³/mol. The van der Waals surface area contributed by atoms with Gasteiger partial charge in [0.2, 0.25) is 5.88 Å². The summed E-state index contributed by atoms with van der Waals surface area (Å²) in [6.07, 6.45) is 0. The van der Waals surface area contributed by atoms with E-state index in [1.807, 2.05) is 31.2 Å². The van der Waals surface area contributed by atoms with Gasteiger partial charge >= 0.3 is 0 Å². The van der Waals surface area contributed by atoms with E-state index in [1.165, 1.54) is 0 Å². The summed E-state index contributed by atoms with van der Waals surface area (Å²) in [5, 5.41) is 11.1. The molecule has 0 bridgehead atoms. The first kappa shape index (κ1) is 13.2. The molecule has 1 aromatic heterocycles. The van der Waals surface area contributed by atoms with E-state index in [2.05, 4.69) is 10.2 Å².